The molecule has 2 heterocycles. The van der Waals surface area contributed by atoms with Crippen LogP contribution >= 0.6 is 11.3 Å². The van der Waals surface area contributed by atoms with Crippen LogP contribution in [0.3, 0.4) is 0 Å². The van der Waals surface area contributed by atoms with Crippen molar-refractivity contribution in [3.05, 3.63) is 35.8 Å². The molecule has 0 unspecified atom stereocenters. The van der Waals surface area contributed by atoms with E-state index in [1.807, 2.05) is 12.1 Å². The van der Waals surface area contributed by atoms with Crippen molar-refractivity contribution in [2.24, 2.45) is 5.92 Å². The van der Waals surface area contributed by atoms with Gasteiger partial charge in [-0.1, -0.05) is 6.92 Å². The Morgan fingerprint density at radius 1 is 1.33 bits per heavy atom. The summed E-state index contributed by atoms with van der Waals surface area (Å²) in [5.41, 5.74) is 1.08. The molecule has 5 nitrogen and oxygen atoms in total. The number of hydrogen-bond acceptors (Lipinski definition) is 5. The molecule has 112 valence electrons. The molecule has 1 saturated heterocycles. The summed E-state index contributed by atoms with van der Waals surface area (Å²) < 4.78 is 26.9. The second-order valence-electron chi connectivity index (χ2n) is 5.12. The van der Waals surface area contributed by atoms with Crippen LogP contribution in [0, 0.1) is 5.92 Å². The van der Waals surface area contributed by atoms with Gasteiger partial charge in [0.15, 0.2) is 5.13 Å². The monoisotopic (exact) mass is 323 g/mol. The summed E-state index contributed by atoms with van der Waals surface area (Å²) in [6.45, 7) is 4.31. The number of aromatic nitrogens is 1. The lowest BCUT2D eigenvalue weighted by Gasteiger charge is -2.40. The summed E-state index contributed by atoms with van der Waals surface area (Å²) in [7, 11) is -3.55. The summed E-state index contributed by atoms with van der Waals surface area (Å²) in [6, 6.07) is 7.01. The van der Waals surface area contributed by atoms with Gasteiger partial charge in [0.1, 0.15) is 0 Å². The van der Waals surface area contributed by atoms with E-state index < -0.39 is 10.0 Å². The van der Waals surface area contributed by atoms with E-state index in [-0.39, 0.29) is 4.90 Å². The van der Waals surface area contributed by atoms with Gasteiger partial charge in [-0.25, -0.2) is 13.4 Å². The first-order valence-corrected chi connectivity index (χ1v) is 9.22. The maximum atomic E-state index is 12.2. The minimum atomic E-state index is -3.55. The highest BCUT2D eigenvalue weighted by molar-refractivity contribution is 7.93. The quantitative estimate of drug-likeness (QED) is 0.919. The number of nitrogens with one attached hydrogen (secondary N) is 1. The molecule has 0 amide bonds. The van der Waals surface area contributed by atoms with Crippen LogP contribution < -0.4 is 9.62 Å². The van der Waals surface area contributed by atoms with Crippen molar-refractivity contribution >= 4 is 32.2 Å². The van der Waals surface area contributed by atoms with Crippen molar-refractivity contribution in [3.63, 3.8) is 0 Å². The van der Waals surface area contributed by atoms with E-state index in [4.69, 9.17) is 0 Å². The summed E-state index contributed by atoms with van der Waals surface area (Å²) in [4.78, 5) is 6.45. The SMILES string of the molecule is CCC1CN(c2ccc(S(=O)(=O)Nc3nccs3)cc2)C1. The summed E-state index contributed by atoms with van der Waals surface area (Å²) in [6.07, 6.45) is 2.76. The number of anilines is 2. The van der Waals surface area contributed by atoms with Crippen LogP contribution in [-0.4, -0.2) is 26.5 Å². The fourth-order valence-corrected chi connectivity index (χ4v) is 4.11. The molecule has 2 aromatic rings. The molecule has 1 aromatic heterocycles. The Kier molecular flexibility index (Phi) is 3.86. The molecule has 7 heteroatoms. The molecule has 0 bridgehead atoms. The molecule has 0 radical (unpaired) electrons. The topological polar surface area (TPSA) is 62.3 Å². The molecule has 3 rings (SSSR count). The highest BCUT2D eigenvalue weighted by atomic mass is 32.2. The number of nitrogens with zero attached hydrogens (tertiary/aromatic N) is 2. The van der Waals surface area contributed by atoms with Crippen molar-refractivity contribution in [2.75, 3.05) is 22.7 Å². The van der Waals surface area contributed by atoms with E-state index in [2.05, 4.69) is 21.5 Å². The second-order valence-corrected chi connectivity index (χ2v) is 7.69. The van der Waals surface area contributed by atoms with Crippen molar-refractivity contribution in [3.8, 4) is 0 Å². The molecule has 1 aliphatic heterocycles. The number of thiazole rings is 1. The second kappa shape index (κ2) is 5.65. The maximum absolute atomic E-state index is 12.2. The van der Waals surface area contributed by atoms with Gasteiger partial charge in [-0.15, -0.1) is 11.3 Å². The number of hydrogen-bond donors (Lipinski definition) is 1. The molecule has 0 aliphatic carbocycles. The fraction of sp³-hybridized carbons (Fsp3) is 0.357. The lowest BCUT2D eigenvalue weighted by Crippen LogP contribution is -2.46. The Labute approximate surface area is 128 Å². The highest BCUT2D eigenvalue weighted by Crippen LogP contribution is 2.27. The molecular formula is C14H17N3O2S2. The van der Waals surface area contributed by atoms with Crippen LogP contribution in [0.2, 0.25) is 0 Å². The predicted octanol–water partition coefficient (Wildman–Crippen LogP) is 2.79. The average Bonchev–Trinajstić information content (AvgIpc) is 2.90. The first-order valence-electron chi connectivity index (χ1n) is 6.86. The van der Waals surface area contributed by atoms with Crippen molar-refractivity contribution in [1.82, 2.24) is 4.98 Å². The minimum absolute atomic E-state index is 0.258. The van der Waals surface area contributed by atoms with Gasteiger partial charge in [0.2, 0.25) is 0 Å². The van der Waals surface area contributed by atoms with Crippen LogP contribution in [-0.2, 0) is 10.0 Å². The van der Waals surface area contributed by atoms with Crippen LogP contribution in [0.15, 0.2) is 40.7 Å². The fourth-order valence-electron chi connectivity index (χ4n) is 2.32. The molecule has 0 atom stereocenters. The minimum Gasteiger partial charge on any atom is -0.371 e. The highest BCUT2D eigenvalue weighted by Gasteiger charge is 2.25. The van der Waals surface area contributed by atoms with Gasteiger partial charge < -0.3 is 4.90 Å². The van der Waals surface area contributed by atoms with Gasteiger partial charge in [-0.2, -0.15) is 0 Å². The van der Waals surface area contributed by atoms with E-state index in [9.17, 15) is 8.42 Å². The summed E-state index contributed by atoms with van der Waals surface area (Å²) in [5, 5.41) is 2.11. The molecular weight excluding hydrogens is 306 g/mol. The molecule has 1 N–H and O–H groups in total. The number of benzene rings is 1. The Morgan fingerprint density at radius 3 is 2.62 bits per heavy atom. The van der Waals surface area contributed by atoms with Crippen LogP contribution in [0.4, 0.5) is 10.8 Å². The van der Waals surface area contributed by atoms with Crippen LogP contribution in [0.1, 0.15) is 13.3 Å². The number of rotatable bonds is 5. The average molecular weight is 323 g/mol. The first-order chi connectivity index (χ1) is 10.1. The van der Waals surface area contributed by atoms with Crippen molar-refractivity contribution in [2.45, 2.75) is 18.2 Å². The molecule has 0 spiro atoms. The predicted molar refractivity (Wildman–Crippen MR) is 85.4 cm³/mol. The first kappa shape index (κ1) is 14.3. The standard InChI is InChI=1S/C14H17N3O2S2/c1-2-11-9-17(10-11)12-3-5-13(6-4-12)21(18,19)16-14-15-7-8-20-14/h3-8,11H,2,9-10H2,1H3,(H,15,16). The Morgan fingerprint density at radius 2 is 2.05 bits per heavy atom. The van der Waals surface area contributed by atoms with Crippen molar-refractivity contribution in [1.29, 1.82) is 0 Å². The third-order valence-corrected chi connectivity index (χ3v) is 5.87. The van der Waals surface area contributed by atoms with E-state index in [1.165, 1.54) is 17.8 Å². The van der Waals surface area contributed by atoms with E-state index in [1.54, 1.807) is 23.7 Å². The molecule has 21 heavy (non-hydrogen) atoms. The summed E-state index contributed by atoms with van der Waals surface area (Å²) >= 11 is 1.26. The zero-order valence-corrected chi connectivity index (χ0v) is 13.3. The lowest BCUT2D eigenvalue weighted by atomic mass is 9.97. The molecule has 1 aliphatic rings. The van der Waals surface area contributed by atoms with Crippen LogP contribution in [0.5, 0.6) is 0 Å². The smallest absolute Gasteiger partial charge is 0.263 e. The van der Waals surface area contributed by atoms with Gasteiger partial charge in [0.25, 0.3) is 10.0 Å². The van der Waals surface area contributed by atoms with E-state index >= 15 is 0 Å². The third-order valence-electron chi connectivity index (χ3n) is 3.70. The maximum Gasteiger partial charge on any atom is 0.263 e. The van der Waals surface area contributed by atoms with Gasteiger partial charge in [-0.3, -0.25) is 4.72 Å². The molecule has 1 fully saturated rings. The molecule has 1 aromatic carbocycles. The van der Waals surface area contributed by atoms with Gasteiger partial charge in [0.05, 0.1) is 4.90 Å². The van der Waals surface area contributed by atoms with Gasteiger partial charge in [0, 0.05) is 30.4 Å². The van der Waals surface area contributed by atoms with Crippen LogP contribution in [0.25, 0.3) is 0 Å². The lowest BCUT2D eigenvalue weighted by molar-refractivity contribution is 0.399. The normalized spacial score (nSPS) is 15.8. The Balaban J connectivity index is 1.72. The van der Waals surface area contributed by atoms with Gasteiger partial charge >= 0.3 is 0 Å². The largest absolute Gasteiger partial charge is 0.371 e. The zero-order chi connectivity index (χ0) is 14.9. The van der Waals surface area contributed by atoms with E-state index in [0.717, 1.165) is 24.7 Å². The van der Waals surface area contributed by atoms with Gasteiger partial charge in [-0.05, 0) is 36.6 Å². The molecule has 0 saturated carbocycles. The Hall–Kier alpha value is -1.60. The zero-order valence-electron chi connectivity index (χ0n) is 11.7. The Bertz CT molecular complexity index is 690. The number of sulfonamides is 1. The van der Waals surface area contributed by atoms with E-state index in [0.29, 0.717) is 5.13 Å². The summed E-state index contributed by atoms with van der Waals surface area (Å²) in [5.74, 6) is 0.764. The van der Waals surface area contributed by atoms with Crippen molar-refractivity contribution < 1.29 is 8.42 Å². The third kappa shape index (κ3) is 3.03.